The number of nitrogens with two attached hydrogens (primary N) is 1. The van der Waals surface area contributed by atoms with Crippen molar-refractivity contribution in [1.82, 2.24) is 0 Å². The van der Waals surface area contributed by atoms with E-state index in [1.807, 2.05) is 6.92 Å². The van der Waals surface area contributed by atoms with Crippen molar-refractivity contribution in [2.45, 2.75) is 19.4 Å². The van der Waals surface area contributed by atoms with Gasteiger partial charge in [-0.1, -0.05) is 13.0 Å². The number of hydrogen-bond acceptors (Lipinski definition) is 2. The molecule has 0 aromatic rings. The van der Waals surface area contributed by atoms with Crippen molar-refractivity contribution < 1.29 is 9.90 Å². The lowest BCUT2D eigenvalue weighted by molar-refractivity contribution is -0.132. The predicted molar refractivity (Wildman–Crippen MR) is 37.5 cm³/mol. The van der Waals surface area contributed by atoms with Crippen molar-refractivity contribution in [3.05, 3.63) is 11.6 Å². The lowest BCUT2D eigenvalue weighted by Gasteiger charge is -2.03. The molecule has 0 heterocycles. The maximum Gasteiger partial charge on any atom is 0.332 e. The third kappa shape index (κ3) is 1.19. The van der Waals surface area contributed by atoms with E-state index in [-0.39, 0.29) is 6.04 Å². The number of aliphatic carboxylic acids is 1. The number of carbonyl (C=O) groups is 1. The van der Waals surface area contributed by atoms with Crippen molar-refractivity contribution >= 4 is 5.97 Å². The number of allylic oxidation sites excluding steroid dienone is 1. The van der Waals surface area contributed by atoms with Crippen LogP contribution in [0.4, 0.5) is 0 Å². The molecule has 0 aromatic heterocycles. The maximum atomic E-state index is 10.4. The van der Waals surface area contributed by atoms with Crippen LogP contribution in [0.1, 0.15) is 13.3 Å². The highest BCUT2D eigenvalue weighted by molar-refractivity contribution is 5.88. The Morgan fingerprint density at radius 3 is 2.70 bits per heavy atom. The molecule has 3 heteroatoms. The zero-order valence-electron chi connectivity index (χ0n) is 5.87. The zero-order valence-corrected chi connectivity index (χ0v) is 5.87. The average molecular weight is 141 g/mol. The molecule has 0 amide bonds. The fourth-order valence-electron chi connectivity index (χ4n) is 1.26. The second-order valence-corrected chi connectivity index (χ2v) is 2.75. The van der Waals surface area contributed by atoms with E-state index in [2.05, 4.69) is 0 Å². The lowest BCUT2D eigenvalue weighted by atomic mass is 10.1. The molecule has 1 aliphatic rings. The lowest BCUT2D eigenvalue weighted by Crippen LogP contribution is -2.23. The molecule has 0 aliphatic heterocycles. The van der Waals surface area contributed by atoms with Crippen molar-refractivity contribution in [2.24, 2.45) is 11.7 Å². The Kier molecular flexibility index (Phi) is 1.76. The van der Waals surface area contributed by atoms with E-state index in [0.29, 0.717) is 11.5 Å². The van der Waals surface area contributed by atoms with Gasteiger partial charge in [0.15, 0.2) is 0 Å². The Labute approximate surface area is 59.5 Å². The normalized spacial score (nSPS) is 32.0. The minimum atomic E-state index is -0.878. The van der Waals surface area contributed by atoms with Crippen LogP contribution in [-0.4, -0.2) is 17.1 Å². The Bertz CT molecular complexity index is 186. The van der Waals surface area contributed by atoms with E-state index < -0.39 is 5.97 Å². The molecule has 3 nitrogen and oxygen atoms in total. The topological polar surface area (TPSA) is 63.3 Å². The van der Waals surface area contributed by atoms with Crippen LogP contribution >= 0.6 is 0 Å². The predicted octanol–water partition coefficient (Wildman–Crippen LogP) is 0.365. The fourth-order valence-corrected chi connectivity index (χ4v) is 1.26. The molecule has 10 heavy (non-hydrogen) atoms. The second-order valence-electron chi connectivity index (χ2n) is 2.75. The highest BCUT2D eigenvalue weighted by Gasteiger charge is 2.24. The summed E-state index contributed by atoms with van der Waals surface area (Å²) in [5.74, 6) is -0.557. The molecule has 0 radical (unpaired) electrons. The van der Waals surface area contributed by atoms with Gasteiger partial charge in [0.1, 0.15) is 0 Å². The fraction of sp³-hybridized carbons (Fsp3) is 0.571. The van der Waals surface area contributed by atoms with E-state index in [4.69, 9.17) is 10.8 Å². The minimum Gasteiger partial charge on any atom is -0.478 e. The SMILES string of the molecule is CC1C=C(C(=O)O)[C@@H](N)C1. The third-order valence-electron chi connectivity index (χ3n) is 1.74. The molecule has 0 fully saturated rings. The quantitative estimate of drug-likeness (QED) is 0.554. The van der Waals surface area contributed by atoms with Gasteiger partial charge in [0.2, 0.25) is 0 Å². The van der Waals surface area contributed by atoms with Crippen LogP contribution in [0.2, 0.25) is 0 Å². The molecule has 0 bridgehead atoms. The Hall–Kier alpha value is -0.830. The maximum absolute atomic E-state index is 10.4. The van der Waals surface area contributed by atoms with E-state index in [1.54, 1.807) is 6.08 Å². The van der Waals surface area contributed by atoms with Gasteiger partial charge in [-0.15, -0.1) is 0 Å². The summed E-state index contributed by atoms with van der Waals surface area (Å²) in [5, 5.41) is 8.55. The molecular weight excluding hydrogens is 130 g/mol. The van der Waals surface area contributed by atoms with Gasteiger partial charge in [0.25, 0.3) is 0 Å². The third-order valence-corrected chi connectivity index (χ3v) is 1.74. The minimum absolute atomic E-state index is 0.257. The zero-order chi connectivity index (χ0) is 7.72. The van der Waals surface area contributed by atoms with E-state index in [1.165, 1.54) is 0 Å². The summed E-state index contributed by atoms with van der Waals surface area (Å²) in [6, 6.07) is -0.257. The summed E-state index contributed by atoms with van der Waals surface area (Å²) in [4.78, 5) is 10.4. The molecule has 1 rings (SSSR count). The van der Waals surface area contributed by atoms with Crippen LogP contribution in [-0.2, 0) is 4.79 Å². The first-order valence-electron chi connectivity index (χ1n) is 3.32. The van der Waals surface area contributed by atoms with Gasteiger partial charge < -0.3 is 10.8 Å². The number of hydrogen-bond donors (Lipinski definition) is 2. The van der Waals surface area contributed by atoms with Crippen LogP contribution < -0.4 is 5.73 Å². The summed E-state index contributed by atoms with van der Waals surface area (Å²) in [5.41, 5.74) is 5.89. The van der Waals surface area contributed by atoms with Crippen molar-refractivity contribution in [3.8, 4) is 0 Å². The molecule has 0 spiro atoms. The summed E-state index contributed by atoms with van der Waals surface area (Å²) in [6.07, 6.45) is 2.49. The number of carboxylic acids is 1. The van der Waals surface area contributed by atoms with Gasteiger partial charge >= 0.3 is 5.97 Å². The molecular formula is C7H11NO2. The first-order valence-corrected chi connectivity index (χ1v) is 3.32. The molecule has 0 aromatic carbocycles. The Morgan fingerprint density at radius 1 is 1.90 bits per heavy atom. The van der Waals surface area contributed by atoms with Crippen LogP contribution in [0.25, 0.3) is 0 Å². The van der Waals surface area contributed by atoms with Gasteiger partial charge in [0.05, 0.1) is 0 Å². The highest BCUT2D eigenvalue weighted by Crippen LogP contribution is 2.22. The Balaban J connectivity index is 2.75. The largest absolute Gasteiger partial charge is 0.478 e. The van der Waals surface area contributed by atoms with Crippen LogP contribution in [0.5, 0.6) is 0 Å². The van der Waals surface area contributed by atoms with Crippen LogP contribution in [0, 0.1) is 5.92 Å². The van der Waals surface area contributed by atoms with Gasteiger partial charge in [-0.25, -0.2) is 4.79 Å². The van der Waals surface area contributed by atoms with Gasteiger partial charge in [-0.2, -0.15) is 0 Å². The molecule has 1 aliphatic carbocycles. The highest BCUT2D eigenvalue weighted by atomic mass is 16.4. The molecule has 0 saturated heterocycles. The van der Waals surface area contributed by atoms with Crippen LogP contribution in [0.15, 0.2) is 11.6 Å². The summed E-state index contributed by atoms with van der Waals surface area (Å²) >= 11 is 0. The second kappa shape index (κ2) is 2.42. The first kappa shape index (κ1) is 7.28. The van der Waals surface area contributed by atoms with E-state index in [9.17, 15) is 4.79 Å². The summed E-state index contributed by atoms with van der Waals surface area (Å²) < 4.78 is 0. The van der Waals surface area contributed by atoms with Crippen molar-refractivity contribution in [2.75, 3.05) is 0 Å². The molecule has 2 atom stereocenters. The van der Waals surface area contributed by atoms with E-state index >= 15 is 0 Å². The van der Waals surface area contributed by atoms with Gasteiger partial charge in [-0.3, -0.25) is 0 Å². The molecule has 1 unspecified atom stereocenters. The van der Waals surface area contributed by atoms with E-state index in [0.717, 1.165) is 6.42 Å². The number of rotatable bonds is 1. The Morgan fingerprint density at radius 2 is 2.50 bits per heavy atom. The van der Waals surface area contributed by atoms with Crippen molar-refractivity contribution in [3.63, 3.8) is 0 Å². The average Bonchev–Trinajstić information content (AvgIpc) is 2.10. The molecule has 3 N–H and O–H groups in total. The monoisotopic (exact) mass is 141 g/mol. The summed E-state index contributed by atoms with van der Waals surface area (Å²) in [6.45, 7) is 1.97. The smallest absolute Gasteiger partial charge is 0.332 e. The number of carboxylic acid groups (broad SMARTS) is 1. The standard InChI is InChI=1S/C7H11NO2/c1-4-2-5(7(9)10)6(8)3-4/h2,4,6H,3,8H2,1H3,(H,9,10)/t4?,6-/m0/s1. The molecule has 56 valence electrons. The van der Waals surface area contributed by atoms with Gasteiger partial charge in [0, 0.05) is 11.6 Å². The van der Waals surface area contributed by atoms with Gasteiger partial charge in [-0.05, 0) is 12.3 Å². The van der Waals surface area contributed by atoms with Crippen molar-refractivity contribution in [1.29, 1.82) is 0 Å². The van der Waals surface area contributed by atoms with Crippen LogP contribution in [0.3, 0.4) is 0 Å². The first-order chi connectivity index (χ1) is 4.61. The molecule has 0 saturated carbocycles. The summed E-state index contributed by atoms with van der Waals surface area (Å²) in [7, 11) is 0.